The van der Waals surface area contributed by atoms with Crippen LogP contribution in [0.25, 0.3) is 0 Å². The summed E-state index contributed by atoms with van der Waals surface area (Å²) in [5.41, 5.74) is 2.95. The van der Waals surface area contributed by atoms with E-state index in [0.29, 0.717) is 18.0 Å². The molecule has 0 atom stereocenters. The fourth-order valence-corrected chi connectivity index (χ4v) is 4.38. The van der Waals surface area contributed by atoms with Crippen LogP contribution in [0.5, 0.6) is 0 Å². The third kappa shape index (κ3) is 3.40. The van der Waals surface area contributed by atoms with E-state index in [1.165, 1.54) is 4.31 Å². The average Bonchev–Trinajstić information content (AvgIpc) is 2.32. The summed E-state index contributed by atoms with van der Waals surface area (Å²) < 4.78 is 27.1. The fourth-order valence-electron chi connectivity index (χ4n) is 2.47. The van der Waals surface area contributed by atoms with Crippen LogP contribution in [-0.2, 0) is 16.6 Å². The second kappa shape index (κ2) is 6.70. The molecule has 20 heavy (non-hydrogen) atoms. The lowest BCUT2D eigenvalue weighted by atomic mass is 10.1. The fraction of sp³-hybridized carbons (Fsp3) is 0.600. The Morgan fingerprint density at radius 3 is 2.25 bits per heavy atom. The van der Waals surface area contributed by atoms with Gasteiger partial charge in [0, 0.05) is 19.1 Å². The van der Waals surface area contributed by atoms with Gasteiger partial charge in [0.05, 0.1) is 4.90 Å². The standard InChI is InChI=1S/C15H26N2O2S/c1-7-17(11(2)3)20(18,19)15-9-14(10-16-6)12(4)8-13(15)5/h8-9,11,16H,7,10H2,1-6H3. The summed E-state index contributed by atoms with van der Waals surface area (Å²) in [4.78, 5) is 0.420. The van der Waals surface area contributed by atoms with Crippen molar-refractivity contribution in [3.8, 4) is 0 Å². The molecule has 114 valence electrons. The minimum Gasteiger partial charge on any atom is -0.316 e. The molecule has 1 rings (SSSR count). The molecule has 0 amide bonds. The summed E-state index contributed by atoms with van der Waals surface area (Å²) in [5, 5.41) is 3.08. The second-order valence-corrected chi connectivity index (χ2v) is 7.24. The van der Waals surface area contributed by atoms with Gasteiger partial charge in [-0.15, -0.1) is 0 Å². The van der Waals surface area contributed by atoms with Gasteiger partial charge in [-0.25, -0.2) is 8.42 Å². The van der Waals surface area contributed by atoms with E-state index in [9.17, 15) is 8.42 Å². The van der Waals surface area contributed by atoms with Crippen LogP contribution in [0.1, 0.15) is 37.5 Å². The van der Waals surface area contributed by atoms with Gasteiger partial charge in [0.15, 0.2) is 0 Å². The van der Waals surface area contributed by atoms with Crippen molar-refractivity contribution in [1.29, 1.82) is 0 Å². The number of hydrogen-bond donors (Lipinski definition) is 1. The molecule has 0 heterocycles. The van der Waals surface area contributed by atoms with E-state index >= 15 is 0 Å². The van der Waals surface area contributed by atoms with Gasteiger partial charge in [-0.1, -0.05) is 13.0 Å². The van der Waals surface area contributed by atoms with Gasteiger partial charge in [-0.05, 0) is 57.5 Å². The number of aryl methyl sites for hydroxylation is 2. The summed E-state index contributed by atoms with van der Waals surface area (Å²) in [6.45, 7) is 10.7. The van der Waals surface area contributed by atoms with Crippen LogP contribution in [-0.4, -0.2) is 32.4 Å². The van der Waals surface area contributed by atoms with Crippen LogP contribution < -0.4 is 5.32 Å². The maximum Gasteiger partial charge on any atom is 0.243 e. The zero-order valence-electron chi connectivity index (χ0n) is 13.3. The Labute approximate surface area is 123 Å². The Kier molecular flexibility index (Phi) is 5.74. The molecule has 0 aliphatic heterocycles. The van der Waals surface area contributed by atoms with Crippen LogP contribution in [0.4, 0.5) is 0 Å². The van der Waals surface area contributed by atoms with Crippen LogP contribution in [0.3, 0.4) is 0 Å². The number of nitrogens with zero attached hydrogens (tertiary/aromatic N) is 1. The molecule has 0 unspecified atom stereocenters. The van der Waals surface area contributed by atoms with Crippen LogP contribution in [0.15, 0.2) is 17.0 Å². The lowest BCUT2D eigenvalue weighted by Crippen LogP contribution is -2.37. The Balaban J connectivity index is 3.41. The molecule has 0 aromatic heterocycles. The first-order valence-electron chi connectivity index (χ1n) is 7.02. The van der Waals surface area contributed by atoms with Crippen molar-refractivity contribution in [2.75, 3.05) is 13.6 Å². The van der Waals surface area contributed by atoms with Gasteiger partial charge in [-0.2, -0.15) is 4.31 Å². The molecule has 0 saturated carbocycles. The molecule has 1 N–H and O–H groups in total. The summed E-state index contributed by atoms with van der Waals surface area (Å²) in [6, 6.07) is 3.72. The van der Waals surface area contributed by atoms with Crippen molar-refractivity contribution < 1.29 is 8.42 Å². The highest BCUT2D eigenvalue weighted by Crippen LogP contribution is 2.25. The van der Waals surface area contributed by atoms with Gasteiger partial charge < -0.3 is 5.32 Å². The Bertz CT molecular complexity index is 565. The molecule has 0 radical (unpaired) electrons. The first-order chi connectivity index (χ1) is 9.25. The largest absolute Gasteiger partial charge is 0.316 e. The minimum absolute atomic E-state index is 0.0431. The quantitative estimate of drug-likeness (QED) is 0.877. The SMILES string of the molecule is CCN(C(C)C)S(=O)(=O)c1cc(CNC)c(C)cc1C. The molecule has 0 spiro atoms. The third-order valence-corrected chi connectivity index (χ3v) is 5.77. The van der Waals surface area contributed by atoms with E-state index < -0.39 is 10.0 Å². The second-order valence-electron chi connectivity index (χ2n) is 5.38. The molecular weight excluding hydrogens is 272 g/mol. The number of sulfonamides is 1. The predicted molar refractivity (Wildman–Crippen MR) is 83.4 cm³/mol. The average molecular weight is 298 g/mol. The highest BCUT2D eigenvalue weighted by Gasteiger charge is 2.27. The van der Waals surface area contributed by atoms with Crippen molar-refractivity contribution in [3.05, 3.63) is 28.8 Å². The maximum absolute atomic E-state index is 12.8. The van der Waals surface area contributed by atoms with Gasteiger partial charge in [0.2, 0.25) is 10.0 Å². The van der Waals surface area contributed by atoms with E-state index in [1.807, 2.05) is 53.8 Å². The number of benzene rings is 1. The predicted octanol–water partition coefficient (Wildman–Crippen LogP) is 2.44. The smallest absolute Gasteiger partial charge is 0.243 e. The first-order valence-corrected chi connectivity index (χ1v) is 8.46. The van der Waals surface area contributed by atoms with Crippen molar-refractivity contribution >= 4 is 10.0 Å². The molecule has 4 nitrogen and oxygen atoms in total. The summed E-state index contributed by atoms with van der Waals surface area (Å²) in [7, 11) is -1.57. The Hall–Kier alpha value is -0.910. The molecule has 0 fully saturated rings. The number of hydrogen-bond acceptors (Lipinski definition) is 3. The molecule has 0 aliphatic carbocycles. The molecule has 0 aliphatic rings. The highest BCUT2D eigenvalue weighted by molar-refractivity contribution is 7.89. The van der Waals surface area contributed by atoms with E-state index in [-0.39, 0.29) is 6.04 Å². The summed E-state index contributed by atoms with van der Waals surface area (Å²) in [5.74, 6) is 0. The van der Waals surface area contributed by atoms with Crippen LogP contribution in [0.2, 0.25) is 0 Å². The Morgan fingerprint density at radius 2 is 1.80 bits per heavy atom. The van der Waals surface area contributed by atoms with Gasteiger partial charge >= 0.3 is 0 Å². The zero-order valence-corrected chi connectivity index (χ0v) is 14.1. The molecule has 0 bridgehead atoms. The highest BCUT2D eigenvalue weighted by atomic mass is 32.2. The zero-order chi connectivity index (χ0) is 15.5. The molecule has 5 heteroatoms. The molecule has 0 saturated heterocycles. The molecular formula is C15H26N2O2S. The lowest BCUT2D eigenvalue weighted by Gasteiger charge is -2.25. The van der Waals surface area contributed by atoms with Crippen molar-refractivity contribution in [1.82, 2.24) is 9.62 Å². The normalized spacial score (nSPS) is 12.4. The molecule has 1 aromatic rings. The minimum atomic E-state index is -3.43. The monoisotopic (exact) mass is 298 g/mol. The third-order valence-electron chi connectivity index (χ3n) is 3.48. The summed E-state index contributed by atoms with van der Waals surface area (Å²) in [6.07, 6.45) is 0. The number of rotatable bonds is 6. The summed E-state index contributed by atoms with van der Waals surface area (Å²) >= 11 is 0. The van der Waals surface area contributed by atoms with E-state index in [1.54, 1.807) is 0 Å². The first kappa shape index (κ1) is 17.1. The topological polar surface area (TPSA) is 49.4 Å². The number of nitrogens with one attached hydrogen (secondary N) is 1. The van der Waals surface area contributed by atoms with E-state index in [4.69, 9.17) is 0 Å². The lowest BCUT2D eigenvalue weighted by molar-refractivity contribution is 0.369. The maximum atomic E-state index is 12.8. The van der Waals surface area contributed by atoms with Crippen LogP contribution >= 0.6 is 0 Å². The van der Waals surface area contributed by atoms with E-state index in [2.05, 4.69) is 5.32 Å². The van der Waals surface area contributed by atoms with Crippen molar-refractivity contribution in [3.63, 3.8) is 0 Å². The molecule has 1 aromatic carbocycles. The van der Waals surface area contributed by atoms with Crippen LogP contribution in [0, 0.1) is 13.8 Å². The van der Waals surface area contributed by atoms with Gasteiger partial charge in [-0.3, -0.25) is 0 Å². The Morgan fingerprint density at radius 1 is 1.20 bits per heavy atom. The van der Waals surface area contributed by atoms with E-state index in [0.717, 1.165) is 16.7 Å². The van der Waals surface area contributed by atoms with Crippen molar-refractivity contribution in [2.24, 2.45) is 0 Å². The van der Waals surface area contributed by atoms with Gasteiger partial charge in [0.1, 0.15) is 0 Å². The van der Waals surface area contributed by atoms with Crippen molar-refractivity contribution in [2.45, 2.75) is 52.1 Å². The van der Waals surface area contributed by atoms with Gasteiger partial charge in [0.25, 0.3) is 0 Å².